The Hall–Kier alpha value is -4.45. The second kappa shape index (κ2) is 7.85. The van der Waals surface area contributed by atoms with Crippen LogP contribution in [0.5, 0.6) is 0 Å². The number of benzene rings is 1. The van der Waals surface area contributed by atoms with Crippen LogP contribution in [0.4, 0.5) is 10.8 Å². The molecule has 1 fully saturated rings. The predicted octanol–water partition coefficient (Wildman–Crippen LogP) is 3.34. The Bertz CT molecular complexity index is 1520. The Morgan fingerprint density at radius 1 is 1.12 bits per heavy atom. The van der Waals surface area contributed by atoms with Gasteiger partial charge in [0.2, 0.25) is 5.13 Å². The lowest BCUT2D eigenvalue weighted by atomic mass is 9.96. The van der Waals surface area contributed by atoms with E-state index < -0.39 is 28.4 Å². The van der Waals surface area contributed by atoms with E-state index in [-0.39, 0.29) is 22.1 Å². The maximum Gasteiger partial charge on any atom is 0.301 e. The number of rotatable bonds is 4. The van der Waals surface area contributed by atoms with E-state index in [1.54, 1.807) is 42.6 Å². The summed E-state index contributed by atoms with van der Waals surface area (Å²) in [6.45, 7) is 3.40. The SMILES string of the molecule is Cc1nnc(N2C(=O)C(=O)/C(=C(/O)c3c(C)nc4ccccn34)C2c2ccc([N+](=O)[O-])cc2)s1. The van der Waals surface area contributed by atoms with Gasteiger partial charge < -0.3 is 5.11 Å². The van der Waals surface area contributed by atoms with Crippen LogP contribution in [0.3, 0.4) is 0 Å². The minimum atomic E-state index is -1.07. The third kappa shape index (κ3) is 3.23. The molecule has 0 bridgehead atoms. The van der Waals surface area contributed by atoms with Gasteiger partial charge in [0.05, 0.1) is 22.2 Å². The number of amides is 1. The van der Waals surface area contributed by atoms with Gasteiger partial charge in [-0.05, 0) is 43.7 Å². The van der Waals surface area contributed by atoms with Crippen molar-refractivity contribution in [2.24, 2.45) is 0 Å². The van der Waals surface area contributed by atoms with Gasteiger partial charge in [-0.1, -0.05) is 17.4 Å². The highest BCUT2D eigenvalue weighted by molar-refractivity contribution is 7.15. The zero-order chi connectivity index (χ0) is 24.1. The summed E-state index contributed by atoms with van der Waals surface area (Å²) >= 11 is 1.11. The highest BCUT2D eigenvalue weighted by Crippen LogP contribution is 2.43. The van der Waals surface area contributed by atoms with Gasteiger partial charge in [0.25, 0.3) is 11.5 Å². The molecule has 12 heteroatoms. The summed E-state index contributed by atoms with van der Waals surface area (Å²) in [5.41, 5.74) is 1.37. The number of anilines is 1. The molecule has 4 aromatic rings. The number of aryl methyl sites for hydroxylation is 2. The van der Waals surface area contributed by atoms with Gasteiger partial charge in [-0.25, -0.2) is 4.98 Å². The van der Waals surface area contributed by atoms with Gasteiger partial charge >= 0.3 is 5.91 Å². The Morgan fingerprint density at radius 3 is 2.50 bits per heavy atom. The second-order valence-corrected chi connectivity index (χ2v) is 8.76. The Labute approximate surface area is 195 Å². The first-order valence-electron chi connectivity index (χ1n) is 10.1. The number of aliphatic hydroxyl groups excluding tert-OH is 1. The highest BCUT2D eigenvalue weighted by Gasteiger charge is 2.48. The predicted molar refractivity (Wildman–Crippen MR) is 122 cm³/mol. The van der Waals surface area contributed by atoms with Crippen molar-refractivity contribution < 1.29 is 19.6 Å². The largest absolute Gasteiger partial charge is 0.505 e. The minimum Gasteiger partial charge on any atom is -0.505 e. The van der Waals surface area contributed by atoms with Crippen molar-refractivity contribution in [2.45, 2.75) is 19.9 Å². The summed E-state index contributed by atoms with van der Waals surface area (Å²) in [6.07, 6.45) is 1.69. The van der Waals surface area contributed by atoms with E-state index in [9.17, 15) is 24.8 Å². The van der Waals surface area contributed by atoms with E-state index in [1.807, 2.05) is 0 Å². The lowest BCUT2D eigenvalue weighted by molar-refractivity contribution is -0.384. The van der Waals surface area contributed by atoms with Crippen LogP contribution in [-0.2, 0) is 9.59 Å². The van der Waals surface area contributed by atoms with Crippen molar-refractivity contribution in [2.75, 3.05) is 4.90 Å². The van der Waals surface area contributed by atoms with Crippen LogP contribution in [0.15, 0.2) is 54.2 Å². The van der Waals surface area contributed by atoms with Crippen LogP contribution in [0.1, 0.15) is 28.0 Å². The maximum absolute atomic E-state index is 13.2. The average Bonchev–Trinajstić information content (AvgIpc) is 3.46. The van der Waals surface area contributed by atoms with Gasteiger partial charge in [0, 0.05) is 18.3 Å². The van der Waals surface area contributed by atoms with Crippen LogP contribution in [0.25, 0.3) is 11.4 Å². The Kier molecular flexibility index (Phi) is 4.94. The third-order valence-corrected chi connectivity index (χ3v) is 6.35. The average molecular weight is 476 g/mol. The molecule has 1 N–H and O–H groups in total. The second-order valence-electron chi connectivity index (χ2n) is 7.60. The number of carbonyl (C=O) groups excluding carboxylic acids is 2. The third-order valence-electron chi connectivity index (χ3n) is 5.51. The molecule has 4 heterocycles. The summed E-state index contributed by atoms with van der Waals surface area (Å²) in [5.74, 6) is -2.19. The molecule has 1 aliphatic rings. The number of aliphatic hydroxyl groups is 1. The lowest BCUT2D eigenvalue weighted by Crippen LogP contribution is -2.29. The number of carbonyl (C=O) groups is 2. The molecule has 1 aliphatic heterocycles. The number of aromatic nitrogens is 4. The van der Waals surface area contributed by atoms with Gasteiger partial charge in [0.1, 0.15) is 16.3 Å². The first-order chi connectivity index (χ1) is 16.3. The number of non-ortho nitro benzene ring substituents is 1. The number of hydrogen-bond acceptors (Lipinski definition) is 9. The van der Waals surface area contributed by atoms with Crippen molar-refractivity contribution >= 4 is 45.3 Å². The van der Waals surface area contributed by atoms with Crippen molar-refractivity contribution in [3.8, 4) is 0 Å². The molecule has 11 nitrogen and oxygen atoms in total. The molecule has 1 unspecified atom stereocenters. The monoisotopic (exact) mass is 476 g/mol. The smallest absolute Gasteiger partial charge is 0.301 e. The molecule has 1 aromatic carbocycles. The van der Waals surface area contributed by atoms with Crippen molar-refractivity contribution in [1.82, 2.24) is 19.6 Å². The molecular formula is C22H16N6O5S. The molecule has 1 amide bonds. The fraction of sp³-hybridized carbons (Fsp3) is 0.136. The van der Waals surface area contributed by atoms with E-state index in [0.29, 0.717) is 21.9 Å². The van der Waals surface area contributed by atoms with Crippen molar-refractivity contribution in [1.29, 1.82) is 0 Å². The Balaban J connectivity index is 1.77. The number of nitrogens with zero attached hydrogens (tertiary/aromatic N) is 6. The summed E-state index contributed by atoms with van der Waals surface area (Å²) in [7, 11) is 0. The van der Waals surface area contributed by atoms with E-state index in [0.717, 1.165) is 16.2 Å². The fourth-order valence-electron chi connectivity index (χ4n) is 4.03. The van der Waals surface area contributed by atoms with Gasteiger partial charge in [-0.2, -0.15) is 0 Å². The van der Waals surface area contributed by atoms with Gasteiger partial charge in [0.15, 0.2) is 5.76 Å². The van der Waals surface area contributed by atoms with Crippen molar-refractivity contribution in [3.63, 3.8) is 0 Å². The number of nitro benzene ring substituents is 1. The number of ketones is 1. The quantitative estimate of drug-likeness (QED) is 0.155. The number of Topliss-reactive ketones (excluding diaryl/α,β-unsaturated/α-hetero) is 1. The van der Waals surface area contributed by atoms with Crippen LogP contribution >= 0.6 is 11.3 Å². The molecule has 5 rings (SSSR count). The standard InChI is InChI=1S/C22H16N6O5S/c1-11-17(26-10-4-3-5-15(26)23-11)19(29)16-18(13-6-8-14(9-7-13)28(32)33)27(21(31)20(16)30)22-25-24-12(2)34-22/h3-10,18,29H,1-2H3/b19-16+. The highest BCUT2D eigenvalue weighted by atomic mass is 32.1. The first-order valence-corrected chi connectivity index (χ1v) is 10.9. The topological polar surface area (TPSA) is 144 Å². The van der Waals surface area contributed by atoms with E-state index in [4.69, 9.17) is 0 Å². The fourth-order valence-corrected chi connectivity index (χ4v) is 4.75. The van der Waals surface area contributed by atoms with E-state index >= 15 is 0 Å². The maximum atomic E-state index is 13.2. The van der Waals surface area contributed by atoms with Crippen LogP contribution in [0, 0.1) is 24.0 Å². The van der Waals surface area contributed by atoms with Gasteiger partial charge in [-0.3, -0.25) is 29.0 Å². The molecule has 3 aromatic heterocycles. The van der Waals surface area contributed by atoms with Gasteiger partial charge in [-0.15, -0.1) is 10.2 Å². The number of fused-ring (bicyclic) bond motifs is 1. The van der Waals surface area contributed by atoms with E-state index in [1.165, 1.54) is 24.3 Å². The zero-order valence-corrected chi connectivity index (χ0v) is 18.7. The number of imidazole rings is 1. The minimum absolute atomic E-state index is 0.148. The molecule has 170 valence electrons. The van der Waals surface area contributed by atoms with E-state index in [2.05, 4.69) is 15.2 Å². The molecule has 1 atom stereocenters. The molecule has 34 heavy (non-hydrogen) atoms. The molecule has 0 radical (unpaired) electrons. The molecule has 0 spiro atoms. The van der Waals surface area contributed by atoms with Crippen LogP contribution < -0.4 is 4.90 Å². The summed E-state index contributed by atoms with van der Waals surface area (Å²) in [6, 6.07) is 9.68. The molecule has 0 aliphatic carbocycles. The summed E-state index contributed by atoms with van der Waals surface area (Å²) in [5, 5.41) is 31.2. The molecular weight excluding hydrogens is 460 g/mol. The first kappa shape index (κ1) is 21.4. The number of nitro groups is 1. The zero-order valence-electron chi connectivity index (χ0n) is 17.9. The van der Waals surface area contributed by atoms with Crippen LogP contribution in [-0.4, -0.2) is 41.3 Å². The van der Waals surface area contributed by atoms with Crippen molar-refractivity contribution in [3.05, 3.63) is 86.3 Å². The lowest BCUT2D eigenvalue weighted by Gasteiger charge is -2.22. The molecule has 0 saturated carbocycles. The Morgan fingerprint density at radius 2 is 1.85 bits per heavy atom. The van der Waals surface area contributed by atoms with Crippen LogP contribution in [0.2, 0.25) is 0 Å². The summed E-state index contributed by atoms with van der Waals surface area (Å²) in [4.78, 5) is 42.6. The summed E-state index contributed by atoms with van der Waals surface area (Å²) < 4.78 is 1.63. The number of pyridine rings is 1. The molecule has 1 saturated heterocycles. The normalized spacial score (nSPS) is 17.6. The number of hydrogen-bond donors (Lipinski definition) is 1.